The van der Waals surface area contributed by atoms with Gasteiger partial charge in [-0.15, -0.1) is 0 Å². The lowest BCUT2D eigenvalue weighted by atomic mass is 10.2. The first-order chi connectivity index (χ1) is 14.6. The fourth-order valence-electron chi connectivity index (χ4n) is 3.96. The molecule has 1 saturated heterocycles. The molecule has 1 aliphatic carbocycles. The molecule has 0 amide bonds. The molecule has 3 aromatic rings. The molecule has 0 spiro atoms. The van der Waals surface area contributed by atoms with E-state index in [2.05, 4.69) is 41.5 Å². The van der Waals surface area contributed by atoms with E-state index in [0.717, 1.165) is 48.7 Å². The summed E-state index contributed by atoms with van der Waals surface area (Å²) in [6, 6.07) is 2.59. The third kappa shape index (κ3) is 3.86. The summed E-state index contributed by atoms with van der Waals surface area (Å²) in [5, 5.41) is 11.4. The van der Waals surface area contributed by atoms with Gasteiger partial charge in [0.25, 0.3) is 0 Å². The summed E-state index contributed by atoms with van der Waals surface area (Å²) in [5.74, 6) is 2.71. The molecule has 5 rings (SSSR count). The quantitative estimate of drug-likeness (QED) is 0.601. The zero-order valence-corrected chi connectivity index (χ0v) is 17.9. The Balaban J connectivity index is 1.51. The number of hydrogen-bond donors (Lipinski definition) is 2. The predicted octanol–water partition coefficient (Wildman–Crippen LogP) is 4.26. The maximum Gasteiger partial charge on any atom is 0.232 e. The Morgan fingerprint density at radius 3 is 2.70 bits per heavy atom. The van der Waals surface area contributed by atoms with Gasteiger partial charge in [0.1, 0.15) is 6.23 Å². The number of ether oxygens (including phenoxy) is 1. The molecule has 30 heavy (non-hydrogen) atoms. The summed E-state index contributed by atoms with van der Waals surface area (Å²) in [5.41, 5.74) is 1.57. The third-order valence-electron chi connectivity index (χ3n) is 5.96. The molecule has 9 heteroatoms. The Morgan fingerprint density at radius 1 is 1.13 bits per heavy atom. The van der Waals surface area contributed by atoms with Crippen LogP contribution < -0.4 is 10.6 Å². The van der Waals surface area contributed by atoms with E-state index in [1.54, 1.807) is 0 Å². The fraction of sp³-hybridized carbons (Fsp3) is 0.619. The van der Waals surface area contributed by atoms with E-state index >= 15 is 0 Å². The first kappa shape index (κ1) is 19.3. The molecule has 2 aliphatic rings. The number of aromatic nitrogens is 6. The second kappa shape index (κ2) is 7.86. The average molecular weight is 411 g/mol. The monoisotopic (exact) mass is 410 g/mol. The molecule has 1 unspecified atom stereocenters. The van der Waals surface area contributed by atoms with Crippen molar-refractivity contribution in [2.45, 2.75) is 71.2 Å². The predicted molar refractivity (Wildman–Crippen MR) is 116 cm³/mol. The van der Waals surface area contributed by atoms with Crippen LogP contribution in [0.3, 0.4) is 0 Å². The largest absolute Gasteiger partial charge is 0.365 e. The Bertz CT molecular complexity index is 1020. The van der Waals surface area contributed by atoms with Gasteiger partial charge in [-0.25, -0.2) is 4.98 Å². The molecule has 4 heterocycles. The van der Waals surface area contributed by atoms with E-state index in [0.29, 0.717) is 23.9 Å². The van der Waals surface area contributed by atoms with Crippen molar-refractivity contribution in [3.63, 3.8) is 0 Å². The van der Waals surface area contributed by atoms with Crippen molar-refractivity contribution >= 4 is 28.7 Å². The van der Waals surface area contributed by atoms with E-state index in [-0.39, 0.29) is 6.23 Å². The number of nitrogens with one attached hydrogen (secondary N) is 2. The molecular formula is C21H30N8O. The molecule has 160 valence electrons. The lowest BCUT2D eigenvalue weighted by Crippen LogP contribution is -2.20. The van der Waals surface area contributed by atoms with Crippen molar-refractivity contribution in [3.05, 3.63) is 18.6 Å². The number of anilines is 3. The highest BCUT2D eigenvalue weighted by molar-refractivity contribution is 5.84. The second-order valence-electron chi connectivity index (χ2n) is 8.71. The molecule has 3 aromatic heterocycles. The summed E-state index contributed by atoms with van der Waals surface area (Å²) < 4.78 is 9.95. The van der Waals surface area contributed by atoms with Gasteiger partial charge in [-0.05, 0) is 58.8 Å². The first-order valence-corrected chi connectivity index (χ1v) is 11.0. The highest BCUT2D eigenvalue weighted by atomic mass is 16.5. The molecule has 0 bridgehead atoms. The minimum Gasteiger partial charge on any atom is -0.365 e. The van der Waals surface area contributed by atoms with Crippen LogP contribution in [0.1, 0.15) is 65.1 Å². The van der Waals surface area contributed by atoms with Gasteiger partial charge in [-0.2, -0.15) is 15.1 Å². The molecule has 2 N–H and O–H groups in total. The van der Waals surface area contributed by atoms with Crippen LogP contribution in [0.4, 0.5) is 17.6 Å². The van der Waals surface area contributed by atoms with Gasteiger partial charge < -0.3 is 15.4 Å². The number of rotatable bonds is 7. The Labute approximate surface area is 176 Å². The number of fused-ring (bicyclic) bond motifs is 1. The van der Waals surface area contributed by atoms with Crippen molar-refractivity contribution in [1.82, 2.24) is 29.3 Å². The molecule has 2 atom stereocenters. The van der Waals surface area contributed by atoms with Crippen LogP contribution in [0.5, 0.6) is 0 Å². The van der Waals surface area contributed by atoms with Crippen LogP contribution in [0, 0.1) is 5.92 Å². The number of imidazole rings is 1. The summed E-state index contributed by atoms with van der Waals surface area (Å²) in [7, 11) is 0. The minimum absolute atomic E-state index is 0.0274. The van der Waals surface area contributed by atoms with E-state index in [1.165, 1.54) is 12.8 Å². The second-order valence-corrected chi connectivity index (χ2v) is 8.71. The zero-order chi connectivity index (χ0) is 20.7. The highest BCUT2D eigenvalue weighted by Crippen LogP contribution is 2.35. The maximum atomic E-state index is 5.99. The lowest BCUT2D eigenvalue weighted by molar-refractivity contribution is -0.0298. The smallest absolute Gasteiger partial charge is 0.232 e. The summed E-state index contributed by atoms with van der Waals surface area (Å²) >= 11 is 0. The summed E-state index contributed by atoms with van der Waals surface area (Å²) in [6.45, 7) is 7.19. The maximum absolute atomic E-state index is 5.99. The Morgan fingerprint density at radius 2 is 2.00 bits per heavy atom. The highest BCUT2D eigenvalue weighted by Gasteiger charge is 2.29. The van der Waals surface area contributed by atoms with Crippen molar-refractivity contribution in [2.24, 2.45) is 5.92 Å². The van der Waals surface area contributed by atoms with E-state index in [4.69, 9.17) is 14.7 Å². The van der Waals surface area contributed by atoms with Crippen molar-refractivity contribution in [1.29, 1.82) is 0 Å². The minimum atomic E-state index is -0.0274. The molecule has 9 nitrogen and oxygen atoms in total. The lowest BCUT2D eigenvalue weighted by Gasteiger charge is -2.24. The van der Waals surface area contributed by atoms with E-state index in [9.17, 15) is 0 Å². The summed E-state index contributed by atoms with van der Waals surface area (Å²) in [6.07, 6.45) is 9.53. The zero-order valence-electron chi connectivity index (χ0n) is 17.9. The standard InChI is InChI=1S/C21H30N8O/c1-13(2)29-10-9-16(27-29)24-21-25-19(23-14(3)15-7-8-15)18-20(26-21)28(12-22-18)17-6-4-5-11-30-17/h9-10,12-15,17H,4-8,11H2,1-3H3,(H2,23,24,25,26,27)/t14-,17?/m0/s1. The molecule has 1 aliphatic heterocycles. The molecule has 0 radical (unpaired) electrons. The topological polar surface area (TPSA) is 94.7 Å². The van der Waals surface area contributed by atoms with Crippen molar-refractivity contribution in [2.75, 3.05) is 17.2 Å². The Kier molecular flexibility index (Phi) is 5.06. The summed E-state index contributed by atoms with van der Waals surface area (Å²) in [4.78, 5) is 14.2. The Hall–Kier alpha value is -2.68. The molecule has 2 fully saturated rings. The van der Waals surface area contributed by atoms with Gasteiger partial charge in [-0.3, -0.25) is 9.25 Å². The van der Waals surface area contributed by atoms with E-state index in [1.807, 2.05) is 27.8 Å². The van der Waals surface area contributed by atoms with Gasteiger partial charge in [0.05, 0.1) is 6.33 Å². The fourth-order valence-corrected chi connectivity index (χ4v) is 3.96. The van der Waals surface area contributed by atoms with Gasteiger partial charge in [0, 0.05) is 31.0 Å². The normalized spacial score (nSPS) is 20.6. The average Bonchev–Trinajstić information content (AvgIpc) is 3.34. The number of nitrogens with zero attached hydrogens (tertiary/aromatic N) is 6. The molecular weight excluding hydrogens is 380 g/mol. The van der Waals surface area contributed by atoms with Crippen molar-refractivity contribution in [3.8, 4) is 0 Å². The van der Waals surface area contributed by atoms with Crippen LogP contribution in [-0.4, -0.2) is 41.9 Å². The van der Waals surface area contributed by atoms with Crippen LogP contribution in [-0.2, 0) is 4.74 Å². The third-order valence-corrected chi connectivity index (χ3v) is 5.96. The SMILES string of the molecule is CC(C)n1ccc(Nc2nc(N[C@@H](C)C3CC3)c3ncn(C4CCCCO4)c3n2)n1. The van der Waals surface area contributed by atoms with Crippen molar-refractivity contribution < 1.29 is 4.74 Å². The van der Waals surface area contributed by atoms with Crippen LogP contribution >= 0.6 is 0 Å². The van der Waals surface area contributed by atoms with Gasteiger partial charge in [-0.1, -0.05) is 0 Å². The van der Waals surface area contributed by atoms with Crippen LogP contribution in [0.15, 0.2) is 18.6 Å². The van der Waals surface area contributed by atoms with Gasteiger partial charge in [0.15, 0.2) is 22.8 Å². The van der Waals surface area contributed by atoms with Gasteiger partial charge in [0.2, 0.25) is 5.95 Å². The van der Waals surface area contributed by atoms with E-state index < -0.39 is 0 Å². The van der Waals surface area contributed by atoms with Crippen LogP contribution in [0.2, 0.25) is 0 Å². The van der Waals surface area contributed by atoms with Gasteiger partial charge >= 0.3 is 0 Å². The van der Waals surface area contributed by atoms with Crippen LogP contribution in [0.25, 0.3) is 11.2 Å². The number of hydrogen-bond acceptors (Lipinski definition) is 7. The molecule has 0 aromatic carbocycles. The first-order valence-electron chi connectivity index (χ1n) is 11.0. The molecule has 1 saturated carbocycles.